The Morgan fingerprint density at radius 1 is 1.03 bits per heavy atom. The van der Waals surface area contributed by atoms with Gasteiger partial charge in [-0.1, -0.05) is 18.2 Å². The first kappa shape index (κ1) is 21.7. The maximum atomic E-state index is 14.4. The predicted octanol–water partition coefficient (Wildman–Crippen LogP) is 4.11. The molecule has 0 saturated heterocycles. The van der Waals surface area contributed by atoms with Crippen LogP contribution >= 0.6 is 0 Å². The molecule has 0 spiro atoms. The Kier molecular flexibility index (Phi) is 4.53. The van der Waals surface area contributed by atoms with E-state index >= 15 is 0 Å². The van der Waals surface area contributed by atoms with Gasteiger partial charge in [-0.2, -0.15) is 0 Å². The van der Waals surface area contributed by atoms with Gasteiger partial charge in [0.15, 0.2) is 9.84 Å². The second-order valence-corrected chi connectivity index (χ2v) is 11.4. The molecule has 1 aliphatic rings. The third-order valence-corrected chi connectivity index (χ3v) is 9.10. The number of rotatable bonds is 4. The number of nitrogens with zero attached hydrogens (tertiary/aromatic N) is 4. The Balaban J connectivity index is 1.59. The SMILES string of the molecule is Cn1c(=O)n(-c2ccc(C3(S(C)(=O)=O)CC3)cc2)c2c3cc(-c4ccncc4F)ccc3ncc21. The van der Waals surface area contributed by atoms with Gasteiger partial charge in [-0.3, -0.25) is 19.1 Å². The summed E-state index contributed by atoms with van der Waals surface area (Å²) in [6, 6.07) is 14.2. The number of halogens is 1. The van der Waals surface area contributed by atoms with Crippen molar-refractivity contribution in [2.24, 2.45) is 7.05 Å². The number of pyridine rings is 2. The molecule has 0 amide bonds. The van der Waals surface area contributed by atoms with Gasteiger partial charge in [-0.05, 0) is 54.3 Å². The number of fused-ring (bicyclic) bond motifs is 3. The van der Waals surface area contributed by atoms with Crippen molar-refractivity contribution in [2.45, 2.75) is 17.6 Å². The topological polar surface area (TPSA) is 86.9 Å². The van der Waals surface area contributed by atoms with Crippen LogP contribution in [0.15, 0.2) is 71.9 Å². The average Bonchev–Trinajstić information content (AvgIpc) is 3.62. The van der Waals surface area contributed by atoms with E-state index in [2.05, 4.69) is 9.97 Å². The van der Waals surface area contributed by atoms with Crippen LogP contribution in [0.3, 0.4) is 0 Å². The van der Waals surface area contributed by atoms with E-state index in [9.17, 15) is 17.6 Å². The second kappa shape index (κ2) is 7.32. The molecule has 1 saturated carbocycles. The van der Waals surface area contributed by atoms with Crippen LogP contribution in [-0.2, 0) is 21.6 Å². The highest BCUT2D eigenvalue weighted by molar-refractivity contribution is 7.92. The first-order valence-electron chi connectivity index (χ1n) is 11.1. The zero-order valence-electron chi connectivity index (χ0n) is 19.1. The molecule has 0 aliphatic heterocycles. The summed E-state index contributed by atoms with van der Waals surface area (Å²) in [5, 5.41) is 0.702. The summed E-state index contributed by atoms with van der Waals surface area (Å²) in [7, 11) is -1.56. The summed E-state index contributed by atoms with van der Waals surface area (Å²) in [6.45, 7) is 0. The molecule has 0 radical (unpaired) electrons. The first-order valence-corrected chi connectivity index (χ1v) is 13.0. The molecule has 6 rings (SSSR count). The van der Waals surface area contributed by atoms with Crippen LogP contribution in [0.2, 0.25) is 0 Å². The third kappa shape index (κ3) is 3.15. The summed E-state index contributed by atoms with van der Waals surface area (Å²) in [5.74, 6) is -0.437. The molecule has 9 heteroatoms. The van der Waals surface area contributed by atoms with Crippen molar-refractivity contribution in [3.05, 3.63) is 89.0 Å². The third-order valence-electron chi connectivity index (χ3n) is 7.03. The zero-order chi connectivity index (χ0) is 24.5. The maximum absolute atomic E-state index is 14.4. The quantitative estimate of drug-likeness (QED) is 0.380. The fraction of sp³-hybridized carbons (Fsp3) is 0.192. The number of benzene rings is 2. The number of imidazole rings is 1. The second-order valence-electron chi connectivity index (χ2n) is 9.07. The molecule has 0 unspecified atom stereocenters. The lowest BCUT2D eigenvalue weighted by molar-refractivity contribution is 0.586. The fourth-order valence-electron chi connectivity index (χ4n) is 4.91. The van der Waals surface area contributed by atoms with Crippen LogP contribution in [0.1, 0.15) is 18.4 Å². The molecule has 176 valence electrons. The van der Waals surface area contributed by atoms with E-state index in [1.807, 2.05) is 6.07 Å². The van der Waals surface area contributed by atoms with E-state index in [0.717, 1.165) is 5.56 Å². The molecule has 0 bridgehead atoms. The Morgan fingerprint density at radius 2 is 1.77 bits per heavy atom. The van der Waals surface area contributed by atoms with Gasteiger partial charge in [-0.25, -0.2) is 17.6 Å². The van der Waals surface area contributed by atoms with Crippen LogP contribution in [0.5, 0.6) is 0 Å². The molecule has 3 aromatic heterocycles. The largest absolute Gasteiger partial charge is 0.333 e. The van der Waals surface area contributed by atoms with Crippen LogP contribution in [0.25, 0.3) is 38.8 Å². The highest BCUT2D eigenvalue weighted by Gasteiger charge is 2.53. The summed E-state index contributed by atoms with van der Waals surface area (Å²) in [6.07, 6.45) is 6.82. The Labute approximate surface area is 200 Å². The van der Waals surface area contributed by atoms with Gasteiger partial charge in [0, 0.05) is 30.4 Å². The highest BCUT2D eigenvalue weighted by Crippen LogP contribution is 2.52. The molecule has 3 heterocycles. The van der Waals surface area contributed by atoms with Gasteiger partial charge in [0.1, 0.15) is 5.82 Å². The molecule has 2 aromatic carbocycles. The lowest BCUT2D eigenvalue weighted by Crippen LogP contribution is -2.21. The molecular weight excluding hydrogens is 467 g/mol. The Bertz CT molecular complexity index is 1820. The fourth-order valence-corrected chi connectivity index (χ4v) is 6.32. The lowest BCUT2D eigenvalue weighted by Gasteiger charge is -2.14. The van der Waals surface area contributed by atoms with Crippen LogP contribution < -0.4 is 5.69 Å². The highest BCUT2D eigenvalue weighted by atomic mass is 32.2. The van der Waals surface area contributed by atoms with Crippen molar-refractivity contribution in [1.82, 2.24) is 19.1 Å². The lowest BCUT2D eigenvalue weighted by atomic mass is 10.0. The molecule has 35 heavy (non-hydrogen) atoms. The predicted molar refractivity (Wildman–Crippen MR) is 133 cm³/mol. The smallest absolute Gasteiger partial charge is 0.293 e. The van der Waals surface area contributed by atoms with E-state index < -0.39 is 20.4 Å². The molecule has 1 aliphatic carbocycles. The summed E-state index contributed by atoms with van der Waals surface area (Å²) in [5.41, 5.74) is 4.09. The number of hydrogen-bond donors (Lipinski definition) is 0. The van der Waals surface area contributed by atoms with Crippen molar-refractivity contribution in [1.29, 1.82) is 0 Å². The maximum Gasteiger partial charge on any atom is 0.333 e. The number of hydrogen-bond acceptors (Lipinski definition) is 5. The number of aromatic nitrogens is 4. The van der Waals surface area contributed by atoms with Crippen molar-refractivity contribution < 1.29 is 12.8 Å². The van der Waals surface area contributed by atoms with Gasteiger partial charge in [-0.15, -0.1) is 0 Å². The van der Waals surface area contributed by atoms with Crippen molar-refractivity contribution >= 4 is 31.8 Å². The van der Waals surface area contributed by atoms with E-state index in [-0.39, 0.29) is 5.69 Å². The molecule has 5 aromatic rings. The van der Waals surface area contributed by atoms with Crippen LogP contribution in [0.4, 0.5) is 4.39 Å². The van der Waals surface area contributed by atoms with Crippen molar-refractivity contribution in [2.75, 3.05) is 6.26 Å². The van der Waals surface area contributed by atoms with Gasteiger partial charge >= 0.3 is 5.69 Å². The molecule has 1 fully saturated rings. The average molecular weight is 489 g/mol. The van der Waals surface area contributed by atoms with Crippen LogP contribution in [-0.4, -0.2) is 33.8 Å². The Hall–Kier alpha value is -3.85. The molecule has 0 N–H and O–H groups in total. The standard InChI is InChI=1S/C26H21FN4O3S/c1-30-23-15-29-22-8-3-16(19-9-12-28-14-21(19)27)13-20(22)24(23)31(25(30)32)18-6-4-17(5-7-18)26(10-11-26)35(2,33)34/h3-9,12-15H,10-11H2,1-2H3. The Morgan fingerprint density at radius 3 is 2.43 bits per heavy atom. The van der Waals surface area contributed by atoms with E-state index in [4.69, 9.17) is 0 Å². The minimum absolute atomic E-state index is 0.258. The zero-order valence-corrected chi connectivity index (χ0v) is 19.9. The molecular formula is C26H21FN4O3S. The minimum atomic E-state index is -3.24. The monoisotopic (exact) mass is 488 g/mol. The first-order chi connectivity index (χ1) is 16.7. The van der Waals surface area contributed by atoms with E-state index in [1.54, 1.807) is 60.3 Å². The molecule has 0 atom stereocenters. The van der Waals surface area contributed by atoms with Crippen LogP contribution in [0, 0.1) is 5.82 Å². The van der Waals surface area contributed by atoms with Crippen molar-refractivity contribution in [3.8, 4) is 16.8 Å². The van der Waals surface area contributed by atoms with Gasteiger partial charge in [0.2, 0.25) is 0 Å². The summed E-state index contributed by atoms with van der Waals surface area (Å²) >= 11 is 0. The van der Waals surface area contributed by atoms with Gasteiger partial charge in [0.25, 0.3) is 0 Å². The van der Waals surface area contributed by atoms with E-state index in [1.165, 1.54) is 23.2 Å². The van der Waals surface area contributed by atoms with E-state index in [0.29, 0.717) is 51.6 Å². The number of sulfone groups is 1. The van der Waals surface area contributed by atoms with Gasteiger partial charge < -0.3 is 0 Å². The summed E-state index contributed by atoms with van der Waals surface area (Å²) < 4.78 is 41.4. The van der Waals surface area contributed by atoms with Gasteiger partial charge in [0.05, 0.1) is 39.4 Å². The van der Waals surface area contributed by atoms with Crippen molar-refractivity contribution in [3.63, 3.8) is 0 Å². The normalized spacial score (nSPS) is 15.1. The minimum Gasteiger partial charge on any atom is -0.293 e. The number of aryl methyl sites for hydroxylation is 1. The summed E-state index contributed by atoms with van der Waals surface area (Å²) in [4.78, 5) is 21.7. The molecule has 7 nitrogen and oxygen atoms in total.